The van der Waals surface area contributed by atoms with Crippen molar-refractivity contribution in [2.45, 2.75) is 0 Å². The Labute approximate surface area is 118 Å². The van der Waals surface area contributed by atoms with Gasteiger partial charge in [-0.05, 0) is 17.5 Å². The number of phenolic OH excluding ortho intramolecular Hbond substituents is 1. The Kier molecular flexibility index (Phi) is 3.12. The van der Waals surface area contributed by atoms with Gasteiger partial charge in [-0.2, -0.15) is 4.39 Å². The molecule has 0 aliphatic heterocycles. The number of hydrogen-bond acceptors (Lipinski definition) is 4. The number of nitrogens with zero attached hydrogens (tertiary/aromatic N) is 2. The van der Waals surface area contributed by atoms with E-state index in [1.54, 1.807) is 18.2 Å². The Morgan fingerprint density at radius 3 is 2.65 bits per heavy atom. The number of phenols is 1. The molecule has 0 unspecified atom stereocenters. The highest BCUT2D eigenvalue weighted by Gasteiger charge is 2.11. The summed E-state index contributed by atoms with van der Waals surface area (Å²) in [5.41, 5.74) is 0.584. The number of rotatable bonds is 2. The molecule has 1 heterocycles. The highest BCUT2D eigenvalue weighted by atomic mass is 35.5. The second-order valence-electron chi connectivity index (χ2n) is 4.13. The van der Waals surface area contributed by atoms with E-state index in [0.717, 1.165) is 11.7 Å². The minimum atomic E-state index is -0.798. The van der Waals surface area contributed by atoms with E-state index in [4.69, 9.17) is 11.6 Å². The number of nitrogens with one attached hydrogen (secondary N) is 1. The summed E-state index contributed by atoms with van der Waals surface area (Å²) >= 11 is 5.81. The third kappa shape index (κ3) is 2.12. The highest BCUT2D eigenvalue weighted by Crippen LogP contribution is 2.34. The van der Waals surface area contributed by atoms with Gasteiger partial charge in [0.05, 0.1) is 5.69 Å². The van der Waals surface area contributed by atoms with Crippen LogP contribution in [0.4, 0.5) is 15.9 Å². The quantitative estimate of drug-likeness (QED) is 0.703. The minimum absolute atomic E-state index is 0.122. The topological polar surface area (TPSA) is 58.0 Å². The van der Waals surface area contributed by atoms with E-state index in [2.05, 4.69) is 15.3 Å². The Bertz CT molecular complexity index is 789. The smallest absolute Gasteiger partial charge is 0.236 e. The second-order valence-corrected chi connectivity index (χ2v) is 4.51. The van der Waals surface area contributed by atoms with E-state index in [-0.39, 0.29) is 16.6 Å². The number of aromatic hydroxyl groups is 1. The molecule has 0 aliphatic rings. The van der Waals surface area contributed by atoms with Gasteiger partial charge in [0.2, 0.25) is 5.95 Å². The number of hydrogen-bond donors (Lipinski definition) is 2. The van der Waals surface area contributed by atoms with Crippen LogP contribution in [0.25, 0.3) is 10.8 Å². The molecule has 2 N–H and O–H groups in total. The molecule has 6 heteroatoms. The molecule has 0 radical (unpaired) electrons. The lowest BCUT2D eigenvalue weighted by atomic mass is 10.1. The van der Waals surface area contributed by atoms with Crippen LogP contribution in [0.3, 0.4) is 0 Å². The summed E-state index contributed by atoms with van der Waals surface area (Å²) in [4.78, 5) is 7.26. The Morgan fingerprint density at radius 2 is 1.85 bits per heavy atom. The standard InChI is InChI=1S/C14H9ClFN3O/c15-12-13(16)17-7-18-14(12)19-9-5-1-3-8-4-2-6-10(20)11(8)9/h1-7,20H,(H,17,18,19). The van der Waals surface area contributed by atoms with Crippen LogP contribution in [0, 0.1) is 5.95 Å². The van der Waals surface area contributed by atoms with Crippen LogP contribution in [0.2, 0.25) is 5.02 Å². The monoisotopic (exact) mass is 289 g/mol. The molecule has 0 bridgehead atoms. The normalized spacial score (nSPS) is 10.7. The maximum Gasteiger partial charge on any atom is 0.236 e. The van der Waals surface area contributed by atoms with E-state index in [1.807, 2.05) is 18.2 Å². The Hall–Kier alpha value is -2.40. The molecule has 4 nitrogen and oxygen atoms in total. The van der Waals surface area contributed by atoms with Crippen molar-refractivity contribution in [1.29, 1.82) is 0 Å². The number of halogens is 2. The average Bonchev–Trinajstić information content (AvgIpc) is 2.44. The molecule has 3 aromatic rings. The molecule has 0 saturated carbocycles. The summed E-state index contributed by atoms with van der Waals surface area (Å²) in [6.45, 7) is 0. The van der Waals surface area contributed by atoms with Crippen molar-refractivity contribution >= 4 is 33.9 Å². The molecule has 3 rings (SSSR count). The molecule has 20 heavy (non-hydrogen) atoms. The van der Waals surface area contributed by atoms with Gasteiger partial charge in [-0.15, -0.1) is 0 Å². The second kappa shape index (κ2) is 4.94. The summed E-state index contributed by atoms with van der Waals surface area (Å²) in [7, 11) is 0. The minimum Gasteiger partial charge on any atom is -0.507 e. The molecule has 2 aromatic carbocycles. The zero-order valence-corrected chi connectivity index (χ0v) is 10.9. The van der Waals surface area contributed by atoms with Gasteiger partial charge in [0, 0.05) is 5.39 Å². The molecular weight excluding hydrogens is 281 g/mol. The van der Waals surface area contributed by atoms with Gasteiger partial charge >= 0.3 is 0 Å². The fourth-order valence-electron chi connectivity index (χ4n) is 1.99. The van der Waals surface area contributed by atoms with Crippen LogP contribution in [0.1, 0.15) is 0 Å². The average molecular weight is 290 g/mol. The third-order valence-corrected chi connectivity index (χ3v) is 3.22. The first-order chi connectivity index (χ1) is 9.66. The zero-order chi connectivity index (χ0) is 14.1. The van der Waals surface area contributed by atoms with Crippen LogP contribution < -0.4 is 5.32 Å². The van der Waals surface area contributed by atoms with Crippen LogP contribution in [-0.4, -0.2) is 15.1 Å². The number of anilines is 2. The first-order valence-electron chi connectivity index (χ1n) is 5.80. The van der Waals surface area contributed by atoms with E-state index < -0.39 is 5.95 Å². The summed E-state index contributed by atoms with van der Waals surface area (Å²) in [5.74, 6) is -0.528. The van der Waals surface area contributed by atoms with Gasteiger partial charge in [-0.3, -0.25) is 0 Å². The lowest BCUT2D eigenvalue weighted by Gasteiger charge is -2.11. The molecular formula is C14H9ClFN3O. The van der Waals surface area contributed by atoms with E-state index >= 15 is 0 Å². The van der Waals surface area contributed by atoms with Crippen molar-refractivity contribution in [3.05, 3.63) is 53.7 Å². The maximum absolute atomic E-state index is 13.3. The largest absolute Gasteiger partial charge is 0.507 e. The lowest BCUT2D eigenvalue weighted by Crippen LogP contribution is -1.98. The summed E-state index contributed by atoms with van der Waals surface area (Å²) in [5, 5.41) is 14.2. The van der Waals surface area contributed by atoms with Crippen LogP contribution in [-0.2, 0) is 0 Å². The van der Waals surface area contributed by atoms with Crippen molar-refractivity contribution < 1.29 is 9.50 Å². The van der Waals surface area contributed by atoms with Crippen molar-refractivity contribution in [3.63, 3.8) is 0 Å². The van der Waals surface area contributed by atoms with Gasteiger partial charge in [0.15, 0.2) is 5.82 Å². The fourth-order valence-corrected chi connectivity index (χ4v) is 2.13. The van der Waals surface area contributed by atoms with Gasteiger partial charge < -0.3 is 10.4 Å². The number of fused-ring (bicyclic) bond motifs is 1. The fraction of sp³-hybridized carbons (Fsp3) is 0. The molecule has 0 spiro atoms. The first-order valence-corrected chi connectivity index (χ1v) is 6.18. The summed E-state index contributed by atoms with van der Waals surface area (Å²) in [6, 6.07) is 10.6. The lowest BCUT2D eigenvalue weighted by molar-refractivity contribution is 0.482. The van der Waals surface area contributed by atoms with Crippen molar-refractivity contribution in [3.8, 4) is 5.75 Å². The van der Waals surface area contributed by atoms with Gasteiger partial charge in [0.1, 0.15) is 17.1 Å². The summed E-state index contributed by atoms with van der Waals surface area (Å²) < 4.78 is 13.3. The number of aromatic nitrogens is 2. The van der Waals surface area contributed by atoms with Gasteiger partial charge in [-0.25, -0.2) is 9.97 Å². The predicted octanol–water partition coefficient (Wildman–Crippen LogP) is 3.87. The zero-order valence-electron chi connectivity index (χ0n) is 10.1. The predicted molar refractivity (Wildman–Crippen MR) is 75.9 cm³/mol. The third-order valence-electron chi connectivity index (χ3n) is 2.88. The maximum atomic E-state index is 13.3. The number of benzene rings is 2. The van der Waals surface area contributed by atoms with E-state index in [1.165, 1.54) is 0 Å². The van der Waals surface area contributed by atoms with Gasteiger partial charge in [-0.1, -0.05) is 35.9 Å². The molecule has 100 valence electrons. The van der Waals surface area contributed by atoms with E-state index in [9.17, 15) is 9.50 Å². The first kappa shape index (κ1) is 12.6. The van der Waals surface area contributed by atoms with Gasteiger partial charge in [0.25, 0.3) is 0 Å². The molecule has 1 aromatic heterocycles. The van der Waals surface area contributed by atoms with Crippen LogP contribution >= 0.6 is 11.6 Å². The van der Waals surface area contributed by atoms with Crippen molar-refractivity contribution in [2.24, 2.45) is 0 Å². The SMILES string of the molecule is Oc1cccc2cccc(Nc3ncnc(F)c3Cl)c12. The van der Waals surface area contributed by atoms with E-state index in [0.29, 0.717) is 11.1 Å². The van der Waals surface area contributed by atoms with Crippen molar-refractivity contribution in [1.82, 2.24) is 9.97 Å². The molecule has 0 aliphatic carbocycles. The van der Waals surface area contributed by atoms with Crippen LogP contribution in [0.15, 0.2) is 42.7 Å². The highest BCUT2D eigenvalue weighted by molar-refractivity contribution is 6.33. The molecule has 0 atom stereocenters. The molecule has 0 saturated heterocycles. The molecule has 0 amide bonds. The Balaban J connectivity index is 2.14. The van der Waals surface area contributed by atoms with Crippen LogP contribution in [0.5, 0.6) is 5.75 Å². The molecule has 0 fully saturated rings. The summed E-state index contributed by atoms with van der Waals surface area (Å²) in [6.07, 6.45) is 1.08. The van der Waals surface area contributed by atoms with Crippen molar-refractivity contribution in [2.75, 3.05) is 5.32 Å². The Morgan fingerprint density at radius 1 is 1.10 bits per heavy atom.